The van der Waals surface area contributed by atoms with Crippen molar-refractivity contribution in [3.63, 3.8) is 0 Å². The molecule has 3 aromatic rings. The van der Waals surface area contributed by atoms with Gasteiger partial charge >= 0.3 is 0 Å². The van der Waals surface area contributed by atoms with Gasteiger partial charge in [0.15, 0.2) is 0 Å². The molecule has 0 aliphatic heterocycles. The summed E-state index contributed by atoms with van der Waals surface area (Å²) in [6.45, 7) is 2.45. The molecule has 0 saturated heterocycles. The van der Waals surface area contributed by atoms with Crippen molar-refractivity contribution in [2.45, 2.75) is 25.9 Å². The Hall–Kier alpha value is -3.12. The summed E-state index contributed by atoms with van der Waals surface area (Å²) < 4.78 is 1.83. The molecule has 0 aliphatic rings. The number of carbonyl (C=O) groups is 2. The highest BCUT2D eigenvalue weighted by molar-refractivity contribution is 6.30. The van der Waals surface area contributed by atoms with Crippen molar-refractivity contribution in [2.24, 2.45) is 0 Å². The van der Waals surface area contributed by atoms with Gasteiger partial charge in [-0.2, -0.15) is 0 Å². The minimum absolute atomic E-state index is 0.124. The molecule has 1 aromatic heterocycles. The lowest BCUT2D eigenvalue weighted by Gasteiger charge is -2.15. The molecular formula is C21H21ClN4O2. The molecule has 0 aliphatic carbocycles. The van der Waals surface area contributed by atoms with E-state index in [1.165, 1.54) is 0 Å². The summed E-state index contributed by atoms with van der Waals surface area (Å²) in [6, 6.07) is 14.1. The van der Waals surface area contributed by atoms with E-state index in [0.29, 0.717) is 29.2 Å². The number of nitrogens with one attached hydrogen (secondary N) is 2. The maximum Gasteiger partial charge on any atom is 0.251 e. The zero-order valence-corrected chi connectivity index (χ0v) is 16.2. The van der Waals surface area contributed by atoms with Crippen molar-refractivity contribution in [1.29, 1.82) is 0 Å². The van der Waals surface area contributed by atoms with Crippen LogP contribution < -0.4 is 10.6 Å². The average Bonchev–Trinajstić information content (AvgIpc) is 3.21. The van der Waals surface area contributed by atoms with Gasteiger partial charge in [-0.15, -0.1) is 0 Å². The molecule has 2 amide bonds. The molecule has 1 atom stereocenters. The molecule has 0 fully saturated rings. The van der Waals surface area contributed by atoms with E-state index in [0.717, 1.165) is 5.56 Å². The Morgan fingerprint density at radius 2 is 1.96 bits per heavy atom. The maximum absolute atomic E-state index is 12.6. The number of anilines is 1. The van der Waals surface area contributed by atoms with Crippen LogP contribution in [0.4, 0.5) is 5.69 Å². The largest absolute Gasteiger partial charge is 0.346 e. The van der Waals surface area contributed by atoms with Crippen LogP contribution in [0, 0.1) is 0 Å². The van der Waals surface area contributed by atoms with Crippen LogP contribution in [0.2, 0.25) is 5.02 Å². The van der Waals surface area contributed by atoms with Gasteiger partial charge in [0.1, 0.15) is 0 Å². The minimum atomic E-state index is -0.211. The summed E-state index contributed by atoms with van der Waals surface area (Å²) in [5, 5.41) is 6.43. The number of benzene rings is 2. The number of rotatable bonds is 7. The average molecular weight is 397 g/mol. The maximum atomic E-state index is 12.6. The molecule has 0 spiro atoms. The van der Waals surface area contributed by atoms with Gasteiger partial charge in [-0.1, -0.05) is 29.8 Å². The Kier molecular flexibility index (Phi) is 6.45. The normalized spacial score (nSPS) is 11.6. The predicted molar refractivity (Wildman–Crippen MR) is 109 cm³/mol. The van der Waals surface area contributed by atoms with Crippen LogP contribution in [0.5, 0.6) is 0 Å². The van der Waals surface area contributed by atoms with E-state index >= 15 is 0 Å². The fraction of sp³-hybridized carbons (Fsp3) is 0.190. The third kappa shape index (κ3) is 5.44. The molecular weight excluding hydrogens is 376 g/mol. The summed E-state index contributed by atoms with van der Waals surface area (Å²) in [5.41, 5.74) is 2.03. The highest BCUT2D eigenvalue weighted by Crippen LogP contribution is 2.17. The number of aromatic nitrogens is 2. The highest BCUT2D eigenvalue weighted by atomic mass is 35.5. The zero-order chi connectivity index (χ0) is 19.9. The molecule has 6 nitrogen and oxygen atoms in total. The van der Waals surface area contributed by atoms with E-state index in [1.54, 1.807) is 55.1 Å². The number of nitrogens with zero attached hydrogens (tertiary/aromatic N) is 2. The Bertz CT molecular complexity index is 939. The number of aryl methyl sites for hydroxylation is 1. The lowest BCUT2D eigenvalue weighted by atomic mass is 10.1. The number of halogens is 1. The van der Waals surface area contributed by atoms with Gasteiger partial charge in [0.25, 0.3) is 5.91 Å². The minimum Gasteiger partial charge on any atom is -0.346 e. The molecule has 1 unspecified atom stereocenters. The predicted octanol–water partition coefficient (Wildman–Crippen LogP) is 4.06. The lowest BCUT2D eigenvalue weighted by Crippen LogP contribution is -2.26. The molecule has 3 rings (SSSR count). The number of carbonyl (C=O) groups excluding carboxylic acids is 2. The number of imidazole rings is 1. The Morgan fingerprint density at radius 3 is 2.68 bits per heavy atom. The standard InChI is InChI=1S/C21H21ClN4O2/c1-15(16-5-7-18(22)8-6-16)24-21(28)17-3-2-4-19(13-17)25-20(27)9-11-26-12-10-23-14-26/h2-8,10,12-15H,9,11H2,1H3,(H,24,28)(H,25,27). The molecule has 2 aromatic carbocycles. The van der Waals surface area contributed by atoms with Crippen LogP contribution in [0.3, 0.4) is 0 Å². The summed E-state index contributed by atoms with van der Waals surface area (Å²) in [4.78, 5) is 28.6. The second kappa shape index (κ2) is 9.19. The molecule has 1 heterocycles. The molecule has 7 heteroatoms. The van der Waals surface area contributed by atoms with Crippen LogP contribution in [-0.2, 0) is 11.3 Å². The monoisotopic (exact) mass is 396 g/mol. The first-order valence-corrected chi connectivity index (χ1v) is 9.31. The number of amides is 2. The van der Waals surface area contributed by atoms with Crippen LogP contribution >= 0.6 is 11.6 Å². The molecule has 0 radical (unpaired) electrons. The quantitative estimate of drug-likeness (QED) is 0.632. The Morgan fingerprint density at radius 1 is 1.18 bits per heavy atom. The fourth-order valence-corrected chi connectivity index (χ4v) is 2.85. The summed E-state index contributed by atoms with van der Waals surface area (Å²) in [5.74, 6) is -0.335. The van der Waals surface area contributed by atoms with Gasteiger partial charge in [0, 0.05) is 41.6 Å². The van der Waals surface area contributed by atoms with Gasteiger partial charge in [0.05, 0.1) is 12.4 Å². The van der Waals surface area contributed by atoms with Gasteiger partial charge in [0.2, 0.25) is 5.91 Å². The third-order valence-corrected chi connectivity index (χ3v) is 4.53. The van der Waals surface area contributed by atoms with Gasteiger partial charge in [-0.05, 0) is 42.8 Å². The summed E-state index contributed by atoms with van der Waals surface area (Å²) in [6.07, 6.45) is 5.46. The molecule has 144 valence electrons. The number of hydrogen-bond acceptors (Lipinski definition) is 3. The van der Waals surface area contributed by atoms with E-state index in [9.17, 15) is 9.59 Å². The molecule has 2 N–H and O–H groups in total. The summed E-state index contributed by atoms with van der Waals surface area (Å²) >= 11 is 5.90. The summed E-state index contributed by atoms with van der Waals surface area (Å²) in [7, 11) is 0. The fourth-order valence-electron chi connectivity index (χ4n) is 2.73. The van der Waals surface area contributed by atoms with Crippen LogP contribution in [0.25, 0.3) is 0 Å². The van der Waals surface area contributed by atoms with E-state index < -0.39 is 0 Å². The molecule has 28 heavy (non-hydrogen) atoms. The topological polar surface area (TPSA) is 76.0 Å². The first kappa shape index (κ1) is 19.6. The number of hydrogen-bond donors (Lipinski definition) is 2. The smallest absolute Gasteiger partial charge is 0.251 e. The van der Waals surface area contributed by atoms with Gasteiger partial charge in [-0.3, -0.25) is 9.59 Å². The Labute approximate surface area is 168 Å². The van der Waals surface area contributed by atoms with Crippen molar-refractivity contribution < 1.29 is 9.59 Å². The Balaban J connectivity index is 1.57. The third-order valence-electron chi connectivity index (χ3n) is 4.28. The SMILES string of the molecule is CC(NC(=O)c1cccc(NC(=O)CCn2ccnc2)c1)c1ccc(Cl)cc1. The lowest BCUT2D eigenvalue weighted by molar-refractivity contribution is -0.116. The van der Waals surface area contributed by atoms with Crippen molar-refractivity contribution in [1.82, 2.24) is 14.9 Å². The van der Waals surface area contributed by atoms with Crippen LogP contribution in [0.1, 0.15) is 35.3 Å². The van der Waals surface area contributed by atoms with E-state index in [4.69, 9.17) is 11.6 Å². The molecule has 0 bridgehead atoms. The first-order valence-electron chi connectivity index (χ1n) is 8.93. The van der Waals surface area contributed by atoms with Gasteiger partial charge in [-0.25, -0.2) is 4.98 Å². The van der Waals surface area contributed by atoms with Crippen molar-refractivity contribution >= 4 is 29.1 Å². The van der Waals surface area contributed by atoms with Crippen molar-refractivity contribution in [2.75, 3.05) is 5.32 Å². The first-order chi connectivity index (χ1) is 13.5. The zero-order valence-electron chi connectivity index (χ0n) is 15.4. The molecule has 0 saturated carbocycles. The van der Waals surface area contributed by atoms with E-state index in [-0.39, 0.29) is 17.9 Å². The van der Waals surface area contributed by atoms with Gasteiger partial charge < -0.3 is 15.2 Å². The van der Waals surface area contributed by atoms with Crippen molar-refractivity contribution in [3.8, 4) is 0 Å². The van der Waals surface area contributed by atoms with Crippen LogP contribution in [0.15, 0.2) is 67.3 Å². The van der Waals surface area contributed by atoms with E-state index in [1.807, 2.05) is 23.6 Å². The van der Waals surface area contributed by atoms with Crippen molar-refractivity contribution in [3.05, 3.63) is 83.4 Å². The van der Waals surface area contributed by atoms with E-state index in [2.05, 4.69) is 15.6 Å². The highest BCUT2D eigenvalue weighted by Gasteiger charge is 2.12. The second-order valence-electron chi connectivity index (χ2n) is 6.43. The second-order valence-corrected chi connectivity index (χ2v) is 6.86. The van der Waals surface area contributed by atoms with Crippen LogP contribution in [-0.4, -0.2) is 21.4 Å².